The molecule has 0 unspecified atom stereocenters. The molecule has 0 spiro atoms. The first-order valence-corrected chi connectivity index (χ1v) is 9.99. The molecule has 2 rings (SSSR count). The normalized spacial score (nSPS) is 22.1. The number of nitrogens with one attached hydrogen (secondary N) is 1. The fraction of sp³-hybridized carbons (Fsp3) is 0.562. The Morgan fingerprint density at radius 2 is 1.91 bits per heavy atom. The fourth-order valence-electron chi connectivity index (χ4n) is 2.82. The van der Waals surface area contributed by atoms with Crippen molar-refractivity contribution < 1.29 is 13.2 Å². The topological polar surface area (TPSA) is 66.5 Å². The average Bonchev–Trinajstić information content (AvgIpc) is 2.49. The summed E-state index contributed by atoms with van der Waals surface area (Å²) < 4.78 is 26.3. The molecule has 1 aromatic rings. The Kier molecular flexibility index (Phi) is 5.86. The van der Waals surface area contributed by atoms with Gasteiger partial charge in [-0.25, -0.2) is 12.7 Å². The molecule has 0 saturated heterocycles. The number of halogens is 1. The van der Waals surface area contributed by atoms with E-state index in [0.717, 1.165) is 23.6 Å². The van der Waals surface area contributed by atoms with Crippen molar-refractivity contribution >= 4 is 31.9 Å². The highest BCUT2D eigenvalue weighted by atomic mass is 79.9. The summed E-state index contributed by atoms with van der Waals surface area (Å²) in [5.74, 6) is 0.236. The highest BCUT2D eigenvalue weighted by molar-refractivity contribution is 9.10. The van der Waals surface area contributed by atoms with E-state index in [0.29, 0.717) is 16.0 Å². The number of hydrogen-bond donors (Lipinski definition) is 1. The monoisotopic (exact) mass is 402 g/mol. The number of hydrogen-bond acceptors (Lipinski definition) is 3. The third kappa shape index (κ3) is 4.14. The van der Waals surface area contributed by atoms with Crippen molar-refractivity contribution in [3.8, 4) is 0 Å². The summed E-state index contributed by atoms with van der Waals surface area (Å²) in [4.78, 5) is 12.6. The van der Waals surface area contributed by atoms with Gasteiger partial charge in [0, 0.05) is 30.2 Å². The number of amides is 1. The summed E-state index contributed by atoms with van der Waals surface area (Å²) >= 11 is 3.25. The van der Waals surface area contributed by atoms with Gasteiger partial charge >= 0.3 is 0 Å². The maximum atomic E-state index is 12.5. The maximum absolute atomic E-state index is 12.5. The predicted molar refractivity (Wildman–Crippen MR) is 93.9 cm³/mol. The van der Waals surface area contributed by atoms with Crippen molar-refractivity contribution in [2.75, 3.05) is 14.1 Å². The van der Waals surface area contributed by atoms with E-state index in [4.69, 9.17) is 0 Å². The first kappa shape index (κ1) is 18.4. The van der Waals surface area contributed by atoms with Gasteiger partial charge in [-0.1, -0.05) is 19.8 Å². The van der Waals surface area contributed by atoms with Gasteiger partial charge in [0.15, 0.2) is 0 Å². The van der Waals surface area contributed by atoms with E-state index in [-0.39, 0.29) is 16.8 Å². The van der Waals surface area contributed by atoms with Gasteiger partial charge < -0.3 is 5.32 Å². The van der Waals surface area contributed by atoms with Crippen LogP contribution in [-0.2, 0) is 10.0 Å². The number of carbonyl (C=O) groups is 1. The van der Waals surface area contributed by atoms with Crippen molar-refractivity contribution in [1.29, 1.82) is 0 Å². The standard InChI is InChI=1S/C16H23BrN2O3S/c1-11-6-4-5-7-14(11)18-16(20)12-8-9-13(17)15(10-12)23(21,22)19(2)3/h8-11,14H,4-7H2,1-3H3,(H,18,20)/t11-,14-/m0/s1. The second kappa shape index (κ2) is 7.32. The number of benzene rings is 1. The molecule has 1 aliphatic rings. The third-order valence-electron chi connectivity index (χ3n) is 4.38. The van der Waals surface area contributed by atoms with Crippen LogP contribution in [0.15, 0.2) is 27.6 Å². The highest BCUT2D eigenvalue weighted by Crippen LogP contribution is 2.27. The Bertz CT molecular complexity index is 689. The zero-order valence-corrected chi connectivity index (χ0v) is 16.1. The van der Waals surface area contributed by atoms with Gasteiger partial charge in [0.2, 0.25) is 10.0 Å². The smallest absolute Gasteiger partial charge is 0.251 e. The van der Waals surface area contributed by atoms with Gasteiger partial charge in [0.25, 0.3) is 5.91 Å². The van der Waals surface area contributed by atoms with Crippen LogP contribution in [0.2, 0.25) is 0 Å². The number of carbonyl (C=O) groups excluding carboxylic acids is 1. The summed E-state index contributed by atoms with van der Waals surface area (Å²) in [7, 11) is -0.660. The molecule has 5 nitrogen and oxygen atoms in total. The van der Waals surface area contributed by atoms with E-state index in [1.165, 1.54) is 26.6 Å². The van der Waals surface area contributed by atoms with Crippen molar-refractivity contribution in [3.05, 3.63) is 28.2 Å². The van der Waals surface area contributed by atoms with Crippen LogP contribution in [0.1, 0.15) is 43.0 Å². The van der Waals surface area contributed by atoms with Crippen LogP contribution in [0.25, 0.3) is 0 Å². The Morgan fingerprint density at radius 1 is 1.26 bits per heavy atom. The van der Waals surface area contributed by atoms with E-state index < -0.39 is 10.0 Å². The lowest BCUT2D eigenvalue weighted by molar-refractivity contribution is 0.0910. The minimum absolute atomic E-state index is 0.104. The van der Waals surface area contributed by atoms with E-state index in [9.17, 15) is 13.2 Å². The quantitative estimate of drug-likeness (QED) is 0.841. The summed E-state index contributed by atoms with van der Waals surface area (Å²) in [6, 6.07) is 4.84. The lowest BCUT2D eigenvalue weighted by Gasteiger charge is -2.29. The van der Waals surface area contributed by atoms with Crippen LogP contribution >= 0.6 is 15.9 Å². The number of rotatable bonds is 4. The Hall–Kier alpha value is -0.920. The first-order valence-electron chi connectivity index (χ1n) is 7.76. The van der Waals surface area contributed by atoms with E-state index in [1.807, 2.05) is 0 Å². The molecule has 1 aliphatic carbocycles. The van der Waals surface area contributed by atoms with Gasteiger partial charge in [-0.15, -0.1) is 0 Å². The van der Waals surface area contributed by atoms with Crippen molar-refractivity contribution in [1.82, 2.24) is 9.62 Å². The molecule has 1 N–H and O–H groups in total. The van der Waals surface area contributed by atoms with Gasteiger partial charge in [-0.2, -0.15) is 0 Å². The van der Waals surface area contributed by atoms with Gasteiger partial charge in [0.1, 0.15) is 0 Å². The SMILES string of the molecule is C[C@H]1CCCC[C@@H]1NC(=O)c1ccc(Br)c(S(=O)(=O)N(C)C)c1. The lowest BCUT2D eigenvalue weighted by Crippen LogP contribution is -2.41. The van der Waals surface area contributed by atoms with E-state index in [2.05, 4.69) is 28.2 Å². The van der Waals surface area contributed by atoms with E-state index in [1.54, 1.807) is 12.1 Å². The summed E-state index contributed by atoms with van der Waals surface area (Å²) in [5.41, 5.74) is 0.367. The first-order chi connectivity index (χ1) is 10.7. The summed E-state index contributed by atoms with van der Waals surface area (Å²) in [5, 5.41) is 3.05. The Morgan fingerprint density at radius 3 is 2.52 bits per heavy atom. The Labute approximate surface area is 146 Å². The molecule has 0 aromatic heterocycles. The minimum atomic E-state index is -3.60. The predicted octanol–water partition coefficient (Wildman–Crippen LogP) is 3.01. The molecule has 0 aliphatic heterocycles. The largest absolute Gasteiger partial charge is 0.349 e. The third-order valence-corrected chi connectivity index (χ3v) is 7.19. The van der Waals surface area contributed by atoms with E-state index >= 15 is 0 Å². The zero-order chi connectivity index (χ0) is 17.2. The molecular weight excluding hydrogens is 380 g/mol. The number of nitrogens with zero attached hydrogens (tertiary/aromatic N) is 1. The second-order valence-electron chi connectivity index (χ2n) is 6.27. The minimum Gasteiger partial charge on any atom is -0.349 e. The van der Waals surface area contributed by atoms with Gasteiger partial charge in [0.05, 0.1) is 4.90 Å². The molecule has 128 valence electrons. The fourth-order valence-corrected chi connectivity index (χ4v) is 4.67. The van der Waals surface area contributed by atoms with Gasteiger partial charge in [-0.05, 0) is 52.9 Å². The summed E-state index contributed by atoms with van der Waals surface area (Å²) in [6.45, 7) is 2.15. The van der Waals surface area contributed by atoms with Crippen LogP contribution in [0.3, 0.4) is 0 Å². The van der Waals surface area contributed by atoms with Crippen molar-refractivity contribution in [2.45, 2.75) is 43.5 Å². The number of sulfonamides is 1. The molecule has 2 atom stereocenters. The maximum Gasteiger partial charge on any atom is 0.251 e. The van der Waals surface area contributed by atoms with Crippen molar-refractivity contribution in [3.63, 3.8) is 0 Å². The van der Waals surface area contributed by atoms with Crippen LogP contribution in [0.5, 0.6) is 0 Å². The van der Waals surface area contributed by atoms with Crippen molar-refractivity contribution in [2.24, 2.45) is 5.92 Å². The van der Waals surface area contributed by atoms with Gasteiger partial charge in [-0.3, -0.25) is 4.79 Å². The van der Waals surface area contributed by atoms with Crippen LogP contribution < -0.4 is 5.32 Å². The molecule has 7 heteroatoms. The molecule has 23 heavy (non-hydrogen) atoms. The molecule has 1 amide bonds. The summed E-state index contributed by atoms with van der Waals surface area (Å²) in [6.07, 6.45) is 4.42. The molecule has 0 bridgehead atoms. The molecule has 1 saturated carbocycles. The van der Waals surface area contributed by atoms with Crippen LogP contribution in [-0.4, -0.2) is 38.8 Å². The van der Waals surface area contributed by atoms with Crippen LogP contribution in [0.4, 0.5) is 0 Å². The average molecular weight is 403 g/mol. The second-order valence-corrected chi connectivity index (χ2v) is 9.25. The Balaban J connectivity index is 2.25. The molecular formula is C16H23BrN2O3S. The molecule has 1 fully saturated rings. The zero-order valence-electron chi connectivity index (χ0n) is 13.7. The highest BCUT2D eigenvalue weighted by Gasteiger charge is 2.25. The lowest BCUT2D eigenvalue weighted by atomic mass is 9.86. The van der Waals surface area contributed by atoms with Crippen LogP contribution in [0, 0.1) is 5.92 Å². The molecule has 0 heterocycles. The molecule has 1 aromatic carbocycles. The molecule has 0 radical (unpaired) electrons.